The molecule has 2 rings (SSSR count). The standard InChI is InChI=1S/C18H36O2.C4H8O/c1-2-3-4-5-6-7-8-9-10-11-12-13-14-15-16-18(19)17-20-18;1-2-4-5-3-1/h19H,2-17H2,1H3;1-4H2. The Morgan fingerprint density at radius 2 is 1.08 bits per heavy atom. The lowest BCUT2D eigenvalue weighted by Gasteiger charge is -2.04. The summed E-state index contributed by atoms with van der Waals surface area (Å²) in [6.45, 7) is 4.84. The maximum Gasteiger partial charge on any atom is 0.189 e. The summed E-state index contributed by atoms with van der Waals surface area (Å²) < 4.78 is 9.91. The summed E-state index contributed by atoms with van der Waals surface area (Å²) in [4.78, 5) is 0. The van der Waals surface area contributed by atoms with Crippen molar-refractivity contribution in [2.45, 2.75) is 122 Å². The number of epoxide rings is 1. The van der Waals surface area contributed by atoms with E-state index in [0.29, 0.717) is 6.61 Å². The van der Waals surface area contributed by atoms with E-state index in [9.17, 15) is 5.11 Å². The van der Waals surface area contributed by atoms with Gasteiger partial charge in [-0.1, -0.05) is 90.4 Å². The van der Waals surface area contributed by atoms with Crippen molar-refractivity contribution in [2.24, 2.45) is 0 Å². The van der Waals surface area contributed by atoms with Crippen LogP contribution in [0.1, 0.15) is 116 Å². The van der Waals surface area contributed by atoms with Gasteiger partial charge in [0, 0.05) is 19.6 Å². The molecule has 0 aromatic carbocycles. The van der Waals surface area contributed by atoms with Gasteiger partial charge >= 0.3 is 0 Å². The van der Waals surface area contributed by atoms with Crippen molar-refractivity contribution in [2.75, 3.05) is 19.8 Å². The number of ether oxygens (including phenoxy) is 2. The fourth-order valence-corrected chi connectivity index (χ4v) is 3.33. The van der Waals surface area contributed by atoms with E-state index >= 15 is 0 Å². The number of hydrogen-bond donors (Lipinski definition) is 1. The predicted octanol–water partition coefficient (Wildman–Crippen LogP) is 6.37. The van der Waals surface area contributed by atoms with Crippen molar-refractivity contribution in [3.8, 4) is 0 Å². The molecule has 0 bridgehead atoms. The van der Waals surface area contributed by atoms with Crippen LogP contribution in [0.5, 0.6) is 0 Å². The largest absolute Gasteiger partial charge is 0.381 e. The van der Waals surface area contributed by atoms with Crippen LogP contribution < -0.4 is 0 Å². The van der Waals surface area contributed by atoms with Gasteiger partial charge < -0.3 is 14.6 Å². The van der Waals surface area contributed by atoms with Gasteiger partial charge in [-0.15, -0.1) is 0 Å². The molecular formula is C22H44O3. The van der Waals surface area contributed by atoms with Gasteiger partial charge in [0.15, 0.2) is 5.79 Å². The molecule has 1 unspecified atom stereocenters. The average molecular weight is 357 g/mol. The van der Waals surface area contributed by atoms with E-state index in [0.717, 1.165) is 26.1 Å². The highest BCUT2D eigenvalue weighted by Gasteiger charge is 2.41. The first-order chi connectivity index (χ1) is 12.3. The van der Waals surface area contributed by atoms with Crippen LogP contribution in [0.2, 0.25) is 0 Å². The summed E-state index contributed by atoms with van der Waals surface area (Å²) in [5.74, 6) is -0.711. The summed E-state index contributed by atoms with van der Waals surface area (Å²) >= 11 is 0. The molecule has 1 atom stereocenters. The highest BCUT2D eigenvalue weighted by molar-refractivity contribution is 4.78. The maximum absolute atomic E-state index is 9.50. The smallest absolute Gasteiger partial charge is 0.189 e. The van der Waals surface area contributed by atoms with E-state index in [-0.39, 0.29) is 0 Å². The number of rotatable bonds is 15. The van der Waals surface area contributed by atoms with Gasteiger partial charge in [-0.3, -0.25) is 0 Å². The third-order valence-corrected chi connectivity index (χ3v) is 5.23. The molecule has 2 heterocycles. The van der Waals surface area contributed by atoms with Crippen molar-refractivity contribution in [1.82, 2.24) is 0 Å². The predicted molar refractivity (Wildman–Crippen MR) is 106 cm³/mol. The zero-order chi connectivity index (χ0) is 18.1. The Bertz CT molecular complexity index is 265. The monoisotopic (exact) mass is 356 g/mol. The first-order valence-corrected chi connectivity index (χ1v) is 11.2. The Hall–Kier alpha value is -0.120. The zero-order valence-electron chi connectivity index (χ0n) is 16.9. The van der Waals surface area contributed by atoms with Crippen LogP contribution in [0.25, 0.3) is 0 Å². The molecule has 3 nitrogen and oxygen atoms in total. The quantitative estimate of drug-likeness (QED) is 0.274. The van der Waals surface area contributed by atoms with Gasteiger partial charge in [0.2, 0.25) is 0 Å². The van der Waals surface area contributed by atoms with Gasteiger partial charge in [0.1, 0.15) is 6.61 Å². The Morgan fingerprint density at radius 3 is 1.40 bits per heavy atom. The van der Waals surface area contributed by atoms with Crippen molar-refractivity contribution < 1.29 is 14.6 Å². The number of unbranched alkanes of at least 4 members (excludes halogenated alkanes) is 13. The van der Waals surface area contributed by atoms with Crippen LogP contribution in [-0.4, -0.2) is 30.7 Å². The van der Waals surface area contributed by atoms with Crippen LogP contribution >= 0.6 is 0 Å². The summed E-state index contributed by atoms with van der Waals surface area (Å²) in [6.07, 6.45) is 22.7. The van der Waals surface area contributed by atoms with Crippen LogP contribution in [0.15, 0.2) is 0 Å². The Morgan fingerprint density at radius 1 is 0.680 bits per heavy atom. The summed E-state index contributed by atoms with van der Waals surface area (Å²) in [6, 6.07) is 0. The molecule has 2 aliphatic heterocycles. The molecular weight excluding hydrogens is 312 g/mol. The third-order valence-electron chi connectivity index (χ3n) is 5.23. The van der Waals surface area contributed by atoms with E-state index < -0.39 is 5.79 Å². The Kier molecular flexibility index (Phi) is 14.7. The molecule has 0 aromatic heterocycles. The van der Waals surface area contributed by atoms with E-state index in [1.807, 2.05) is 0 Å². The topological polar surface area (TPSA) is 42.0 Å². The van der Waals surface area contributed by atoms with E-state index in [2.05, 4.69) is 6.92 Å². The Labute approximate surface area is 156 Å². The molecule has 3 heteroatoms. The van der Waals surface area contributed by atoms with Crippen molar-refractivity contribution in [3.63, 3.8) is 0 Å². The Balaban J connectivity index is 0.000000531. The van der Waals surface area contributed by atoms with E-state index in [1.165, 1.54) is 96.3 Å². The van der Waals surface area contributed by atoms with Crippen LogP contribution in [0, 0.1) is 0 Å². The lowest BCUT2D eigenvalue weighted by Crippen LogP contribution is -2.07. The van der Waals surface area contributed by atoms with Gasteiger partial charge in [0.25, 0.3) is 0 Å². The maximum atomic E-state index is 9.50. The lowest BCUT2D eigenvalue weighted by molar-refractivity contribution is 0.0265. The molecule has 2 aliphatic rings. The van der Waals surface area contributed by atoms with E-state index in [4.69, 9.17) is 9.47 Å². The number of hydrogen-bond acceptors (Lipinski definition) is 3. The minimum atomic E-state index is -0.711. The van der Waals surface area contributed by atoms with Crippen molar-refractivity contribution >= 4 is 0 Å². The SMILES string of the molecule is C1CCOC1.CCCCCCCCCCCCCCCCC1(O)CO1. The minimum absolute atomic E-state index is 0.561. The fourth-order valence-electron chi connectivity index (χ4n) is 3.33. The van der Waals surface area contributed by atoms with Gasteiger partial charge in [-0.2, -0.15) is 0 Å². The highest BCUT2D eigenvalue weighted by Crippen LogP contribution is 2.29. The molecule has 150 valence electrons. The molecule has 0 saturated carbocycles. The second kappa shape index (κ2) is 16.1. The normalized spacial score (nSPS) is 21.8. The molecule has 0 spiro atoms. The molecule has 0 radical (unpaired) electrons. The molecule has 25 heavy (non-hydrogen) atoms. The molecule has 2 saturated heterocycles. The van der Waals surface area contributed by atoms with Crippen LogP contribution in [0.3, 0.4) is 0 Å². The van der Waals surface area contributed by atoms with Crippen LogP contribution in [-0.2, 0) is 9.47 Å². The van der Waals surface area contributed by atoms with E-state index in [1.54, 1.807) is 0 Å². The first-order valence-electron chi connectivity index (χ1n) is 11.2. The summed E-state index contributed by atoms with van der Waals surface area (Å²) in [5.41, 5.74) is 0. The highest BCUT2D eigenvalue weighted by atomic mass is 16.7. The van der Waals surface area contributed by atoms with Gasteiger partial charge in [-0.25, -0.2) is 0 Å². The third kappa shape index (κ3) is 15.8. The molecule has 0 aromatic rings. The molecule has 2 fully saturated rings. The van der Waals surface area contributed by atoms with Crippen molar-refractivity contribution in [1.29, 1.82) is 0 Å². The van der Waals surface area contributed by atoms with Gasteiger partial charge in [0.05, 0.1) is 0 Å². The lowest BCUT2D eigenvalue weighted by atomic mass is 10.0. The minimum Gasteiger partial charge on any atom is -0.381 e. The average Bonchev–Trinajstić information content (AvgIpc) is 3.09. The second-order valence-corrected chi connectivity index (χ2v) is 7.90. The first kappa shape index (κ1) is 22.9. The fraction of sp³-hybridized carbons (Fsp3) is 1.00. The number of aliphatic hydroxyl groups is 1. The second-order valence-electron chi connectivity index (χ2n) is 7.90. The summed E-state index contributed by atoms with van der Waals surface area (Å²) in [7, 11) is 0. The molecule has 1 N–H and O–H groups in total. The van der Waals surface area contributed by atoms with Gasteiger partial charge in [-0.05, 0) is 19.3 Å². The van der Waals surface area contributed by atoms with Crippen LogP contribution in [0.4, 0.5) is 0 Å². The molecule has 0 aliphatic carbocycles. The zero-order valence-corrected chi connectivity index (χ0v) is 16.9. The molecule has 0 amide bonds. The van der Waals surface area contributed by atoms with Crippen molar-refractivity contribution in [3.05, 3.63) is 0 Å². The summed E-state index contributed by atoms with van der Waals surface area (Å²) in [5, 5.41) is 9.50.